The zero-order valence-electron chi connectivity index (χ0n) is 12.4. The first-order valence-corrected chi connectivity index (χ1v) is 7.15. The number of halogens is 1. The molecule has 1 aromatic carbocycles. The molecule has 0 aliphatic heterocycles. The van der Waals surface area contributed by atoms with E-state index in [2.05, 4.69) is 19.9 Å². The molecule has 2 nitrogen and oxygen atoms in total. The molecule has 108 valence electrons. The molecule has 20 heavy (non-hydrogen) atoms. The molecule has 1 saturated carbocycles. The van der Waals surface area contributed by atoms with E-state index >= 15 is 0 Å². The van der Waals surface area contributed by atoms with Gasteiger partial charge in [0.2, 0.25) is 0 Å². The summed E-state index contributed by atoms with van der Waals surface area (Å²) in [7, 11) is 0. The van der Waals surface area contributed by atoms with Gasteiger partial charge in [0.05, 0.1) is 17.6 Å². The molecule has 3 heteroatoms. The van der Waals surface area contributed by atoms with Crippen LogP contribution >= 0.6 is 0 Å². The normalized spacial score (nSPS) is 22.0. The molecule has 1 aliphatic rings. The van der Waals surface area contributed by atoms with Crippen molar-refractivity contribution in [2.75, 3.05) is 0 Å². The van der Waals surface area contributed by atoms with Crippen molar-refractivity contribution in [3.63, 3.8) is 0 Å². The Morgan fingerprint density at radius 3 is 2.35 bits per heavy atom. The van der Waals surface area contributed by atoms with Crippen molar-refractivity contribution in [1.82, 2.24) is 0 Å². The first-order valence-electron chi connectivity index (χ1n) is 7.15. The Hall–Kier alpha value is -1.40. The van der Waals surface area contributed by atoms with E-state index in [1.54, 1.807) is 19.1 Å². The second kappa shape index (κ2) is 5.18. The number of nitrogens with zero attached hydrogens (tertiary/aromatic N) is 1. The fourth-order valence-electron chi connectivity index (χ4n) is 2.98. The molecule has 1 unspecified atom stereocenters. The molecule has 0 spiro atoms. The number of nitriles is 1. The van der Waals surface area contributed by atoms with Gasteiger partial charge in [-0.2, -0.15) is 5.26 Å². The van der Waals surface area contributed by atoms with Gasteiger partial charge in [-0.15, -0.1) is 0 Å². The molecule has 1 fully saturated rings. The first kappa shape index (κ1) is 15.0. The van der Waals surface area contributed by atoms with Crippen LogP contribution in [0.25, 0.3) is 0 Å². The van der Waals surface area contributed by atoms with Crippen molar-refractivity contribution in [3.05, 3.63) is 35.1 Å². The first-order chi connectivity index (χ1) is 9.30. The van der Waals surface area contributed by atoms with Gasteiger partial charge < -0.3 is 5.11 Å². The lowest BCUT2D eigenvalue weighted by atomic mass is 9.62. The average Bonchev–Trinajstić information content (AvgIpc) is 2.42. The fraction of sp³-hybridized carbons (Fsp3) is 0.588. The minimum Gasteiger partial charge on any atom is -0.387 e. The maximum Gasteiger partial charge on any atom is 0.126 e. The van der Waals surface area contributed by atoms with E-state index in [0.717, 1.165) is 12.8 Å². The summed E-state index contributed by atoms with van der Waals surface area (Å²) in [5.41, 5.74) is 0.648. The van der Waals surface area contributed by atoms with Gasteiger partial charge in [-0.1, -0.05) is 26.0 Å². The lowest BCUT2D eigenvalue weighted by molar-refractivity contribution is 0.00949. The Morgan fingerprint density at radius 1 is 1.25 bits per heavy atom. The predicted octanol–water partition coefficient (Wildman–Crippen LogP) is 4.28. The highest BCUT2D eigenvalue weighted by Crippen LogP contribution is 2.50. The van der Waals surface area contributed by atoms with Crippen molar-refractivity contribution < 1.29 is 9.50 Å². The molecule has 0 saturated heterocycles. The number of aryl methyl sites for hydroxylation is 1. The Balaban J connectivity index is 2.28. The molecule has 1 N–H and O–H groups in total. The van der Waals surface area contributed by atoms with Gasteiger partial charge in [0.15, 0.2) is 0 Å². The van der Waals surface area contributed by atoms with Crippen molar-refractivity contribution in [1.29, 1.82) is 5.26 Å². The Labute approximate surface area is 120 Å². The maximum absolute atomic E-state index is 13.3. The SMILES string of the molecule is Cc1cc(C(O)C2(C#N)CCC(C)(C)CC2)ccc1F. The highest BCUT2D eigenvalue weighted by atomic mass is 19.1. The fourth-order valence-corrected chi connectivity index (χ4v) is 2.98. The van der Waals surface area contributed by atoms with Crippen LogP contribution in [0.4, 0.5) is 4.39 Å². The third kappa shape index (κ3) is 2.71. The smallest absolute Gasteiger partial charge is 0.126 e. The summed E-state index contributed by atoms with van der Waals surface area (Å²) in [6, 6.07) is 6.95. The minimum atomic E-state index is -0.845. The van der Waals surface area contributed by atoms with Crippen LogP contribution < -0.4 is 0 Å². The van der Waals surface area contributed by atoms with Crippen LogP contribution in [-0.2, 0) is 0 Å². The lowest BCUT2D eigenvalue weighted by Crippen LogP contribution is -2.35. The molecular weight excluding hydrogens is 253 g/mol. The van der Waals surface area contributed by atoms with Gasteiger partial charge >= 0.3 is 0 Å². The van der Waals surface area contributed by atoms with E-state index in [9.17, 15) is 14.8 Å². The third-order valence-electron chi connectivity index (χ3n) is 4.74. The van der Waals surface area contributed by atoms with E-state index in [1.165, 1.54) is 6.07 Å². The Morgan fingerprint density at radius 2 is 1.85 bits per heavy atom. The summed E-state index contributed by atoms with van der Waals surface area (Å²) in [4.78, 5) is 0. The van der Waals surface area contributed by atoms with E-state index in [4.69, 9.17) is 0 Å². The maximum atomic E-state index is 13.3. The standard InChI is InChI=1S/C17H22FNO/c1-12-10-13(4-5-14(12)18)15(20)17(11-19)8-6-16(2,3)7-9-17/h4-5,10,15,20H,6-9H2,1-3H3. The summed E-state index contributed by atoms with van der Waals surface area (Å²) in [5.74, 6) is -0.281. The largest absolute Gasteiger partial charge is 0.387 e. The average molecular weight is 275 g/mol. The Kier molecular flexibility index (Phi) is 3.88. The van der Waals surface area contributed by atoms with Crippen LogP contribution in [-0.4, -0.2) is 5.11 Å². The van der Waals surface area contributed by atoms with Crippen molar-refractivity contribution in [2.45, 2.75) is 52.6 Å². The molecule has 0 aromatic heterocycles. The monoisotopic (exact) mass is 275 g/mol. The highest BCUT2D eigenvalue weighted by Gasteiger charge is 2.44. The summed E-state index contributed by atoms with van der Waals surface area (Å²) in [6.07, 6.45) is 2.39. The second-order valence-corrected chi connectivity index (χ2v) is 6.84. The Bertz CT molecular complexity index is 534. The van der Waals surface area contributed by atoms with Gasteiger partial charge in [-0.05, 0) is 55.2 Å². The zero-order chi connectivity index (χ0) is 15.0. The number of aliphatic hydroxyl groups is 1. The van der Waals surface area contributed by atoms with Crippen molar-refractivity contribution in [3.8, 4) is 6.07 Å². The molecule has 1 aromatic rings. The van der Waals surface area contributed by atoms with Crippen molar-refractivity contribution in [2.24, 2.45) is 10.8 Å². The van der Waals surface area contributed by atoms with Crippen LogP contribution in [0.15, 0.2) is 18.2 Å². The van der Waals surface area contributed by atoms with Crippen molar-refractivity contribution >= 4 is 0 Å². The molecule has 0 bridgehead atoms. The van der Waals surface area contributed by atoms with Crippen LogP contribution in [0, 0.1) is 34.9 Å². The molecule has 0 radical (unpaired) electrons. The summed E-state index contributed by atoms with van der Waals surface area (Å²) < 4.78 is 13.3. The molecule has 1 aliphatic carbocycles. The number of hydrogen-bond donors (Lipinski definition) is 1. The second-order valence-electron chi connectivity index (χ2n) is 6.84. The van der Waals surface area contributed by atoms with Gasteiger partial charge in [-0.3, -0.25) is 0 Å². The minimum absolute atomic E-state index is 0.235. The number of hydrogen-bond acceptors (Lipinski definition) is 2. The molecule has 0 amide bonds. The summed E-state index contributed by atoms with van der Waals surface area (Å²) in [5, 5.41) is 20.2. The van der Waals surface area contributed by atoms with Gasteiger partial charge in [0.25, 0.3) is 0 Å². The predicted molar refractivity (Wildman–Crippen MR) is 76.4 cm³/mol. The molecule has 0 heterocycles. The molecule has 2 rings (SSSR count). The van der Waals surface area contributed by atoms with E-state index in [1.807, 2.05) is 0 Å². The molecule has 1 atom stereocenters. The van der Waals surface area contributed by atoms with Crippen LogP contribution in [0.2, 0.25) is 0 Å². The summed E-state index contributed by atoms with van der Waals surface area (Å²) >= 11 is 0. The summed E-state index contributed by atoms with van der Waals surface area (Å²) in [6.45, 7) is 6.07. The van der Waals surface area contributed by atoms with Gasteiger partial charge in [0, 0.05) is 0 Å². The lowest BCUT2D eigenvalue weighted by Gasteiger charge is -2.42. The van der Waals surface area contributed by atoms with Crippen LogP contribution in [0.3, 0.4) is 0 Å². The molecular formula is C17H22FNO. The number of rotatable bonds is 2. The van der Waals surface area contributed by atoms with Gasteiger partial charge in [-0.25, -0.2) is 4.39 Å². The van der Waals surface area contributed by atoms with E-state index < -0.39 is 11.5 Å². The van der Waals surface area contributed by atoms with Crippen LogP contribution in [0.5, 0.6) is 0 Å². The number of aliphatic hydroxyl groups excluding tert-OH is 1. The highest BCUT2D eigenvalue weighted by molar-refractivity contribution is 5.29. The quantitative estimate of drug-likeness (QED) is 0.875. The number of benzene rings is 1. The third-order valence-corrected chi connectivity index (χ3v) is 4.74. The topological polar surface area (TPSA) is 44.0 Å². The van der Waals surface area contributed by atoms with E-state index in [-0.39, 0.29) is 11.2 Å². The van der Waals surface area contributed by atoms with E-state index in [0.29, 0.717) is 24.0 Å². The van der Waals surface area contributed by atoms with Gasteiger partial charge in [0.1, 0.15) is 5.82 Å². The van der Waals surface area contributed by atoms with Crippen LogP contribution in [0.1, 0.15) is 56.8 Å². The zero-order valence-corrected chi connectivity index (χ0v) is 12.4.